The summed E-state index contributed by atoms with van der Waals surface area (Å²) in [5.74, 6) is -0.410. The summed E-state index contributed by atoms with van der Waals surface area (Å²) in [4.78, 5) is 38.5. The van der Waals surface area contributed by atoms with Crippen molar-refractivity contribution in [3.63, 3.8) is 0 Å². The number of carbonyl (C=O) groups is 3. The zero-order chi connectivity index (χ0) is 22.9. The summed E-state index contributed by atoms with van der Waals surface area (Å²) >= 11 is 0. The zero-order valence-electron chi connectivity index (χ0n) is 18.1. The van der Waals surface area contributed by atoms with Gasteiger partial charge in [-0.15, -0.1) is 0 Å². The van der Waals surface area contributed by atoms with Crippen molar-refractivity contribution in [3.8, 4) is 0 Å². The fourth-order valence-electron chi connectivity index (χ4n) is 3.08. The molecule has 0 unspecified atom stereocenters. The average molecular weight is 434 g/mol. The third-order valence-electron chi connectivity index (χ3n) is 4.78. The molecule has 8 heteroatoms. The fourth-order valence-corrected chi connectivity index (χ4v) is 3.08. The van der Waals surface area contributed by atoms with Gasteiger partial charge in [-0.25, -0.2) is 0 Å². The number of hydrogen-bond donors (Lipinski definition) is 3. The highest BCUT2D eigenvalue weighted by atomic mass is 16.3. The van der Waals surface area contributed by atoms with Crippen LogP contribution in [0.1, 0.15) is 34.8 Å². The van der Waals surface area contributed by atoms with E-state index in [1.165, 1.54) is 6.26 Å². The SMILES string of the molecule is CCN(CC)C(=O)c1ccc(NC(=O)CNc2cccc(NC(=O)c3ccco3)c2)cc1. The third-order valence-corrected chi connectivity index (χ3v) is 4.78. The standard InChI is InChI=1S/C24H26N4O4/c1-3-28(4-2)24(31)17-10-12-18(13-11-17)26-22(29)16-25-19-7-5-8-20(15-19)27-23(30)21-9-6-14-32-21/h5-15,25H,3-4,16H2,1-2H3,(H,26,29)(H,27,30). The Balaban J connectivity index is 1.51. The molecule has 0 aliphatic carbocycles. The van der Waals surface area contributed by atoms with E-state index >= 15 is 0 Å². The second kappa shape index (κ2) is 10.8. The molecule has 0 fully saturated rings. The first-order valence-corrected chi connectivity index (χ1v) is 10.4. The van der Waals surface area contributed by atoms with Gasteiger partial charge < -0.3 is 25.3 Å². The molecular formula is C24H26N4O4. The number of nitrogens with zero attached hydrogens (tertiary/aromatic N) is 1. The van der Waals surface area contributed by atoms with Gasteiger partial charge >= 0.3 is 0 Å². The van der Waals surface area contributed by atoms with Gasteiger partial charge in [-0.1, -0.05) is 6.07 Å². The number of carbonyl (C=O) groups excluding carboxylic acids is 3. The van der Waals surface area contributed by atoms with Gasteiger partial charge in [0.1, 0.15) is 0 Å². The molecule has 3 N–H and O–H groups in total. The molecule has 166 valence electrons. The van der Waals surface area contributed by atoms with Gasteiger partial charge in [0.15, 0.2) is 5.76 Å². The first kappa shape index (κ1) is 22.6. The van der Waals surface area contributed by atoms with Crippen LogP contribution < -0.4 is 16.0 Å². The second-order valence-electron chi connectivity index (χ2n) is 6.97. The molecule has 0 saturated carbocycles. The Bertz CT molecular complexity index is 1060. The van der Waals surface area contributed by atoms with Crippen LogP contribution in [0.15, 0.2) is 71.3 Å². The molecule has 0 saturated heterocycles. The highest BCUT2D eigenvalue weighted by Gasteiger charge is 2.12. The molecule has 1 aromatic heterocycles. The zero-order valence-corrected chi connectivity index (χ0v) is 18.1. The number of amides is 3. The lowest BCUT2D eigenvalue weighted by atomic mass is 10.1. The Kier molecular flexibility index (Phi) is 7.64. The van der Waals surface area contributed by atoms with E-state index in [2.05, 4.69) is 16.0 Å². The number of furan rings is 1. The maximum Gasteiger partial charge on any atom is 0.291 e. The second-order valence-corrected chi connectivity index (χ2v) is 6.97. The molecular weight excluding hydrogens is 408 g/mol. The molecule has 32 heavy (non-hydrogen) atoms. The highest BCUT2D eigenvalue weighted by molar-refractivity contribution is 6.02. The van der Waals surface area contributed by atoms with Crippen molar-refractivity contribution in [1.29, 1.82) is 0 Å². The summed E-state index contributed by atoms with van der Waals surface area (Å²) in [6.45, 7) is 5.20. The Morgan fingerprint density at radius 3 is 2.22 bits per heavy atom. The lowest BCUT2D eigenvalue weighted by Gasteiger charge is -2.18. The molecule has 3 amide bonds. The molecule has 2 aromatic carbocycles. The van der Waals surface area contributed by atoms with Crippen molar-refractivity contribution in [2.24, 2.45) is 0 Å². The van der Waals surface area contributed by atoms with E-state index in [9.17, 15) is 14.4 Å². The van der Waals surface area contributed by atoms with E-state index in [1.807, 2.05) is 13.8 Å². The van der Waals surface area contributed by atoms with Gasteiger partial charge in [0, 0.05) is 35.7 Å². The average Bonchev–Trinajstić information content (AvgIpc) is 3.34. The van der Waals surface area contributed by atoms with Crippen LogP contribution in [0.2, 0.25) is 0 Å². The summed E-state index contributed by atoms with van der Waals surface area (Å²) in [7, 11) is 0. The molecule has 3 rings (SSSR count). The molecule has 3 aromatic rings. The Labute approximate surface area is 186 Å². The van der Waals surface area contributed by atoms with Gasteiger partial charge in [-0.3, -0.25) is 14.4 Å². The van der Waals surface area contributed by atoms with E-state index in [0.29, 0.717) is 35.7 Å². The van der Waals surface area contributed by atoms with Crippen molar-refractivity contribution < 1.29 is 18.8 Å². The summed E-state index contributed by atoms with van der Waals surface area (Å²) in [5.41, 5.74) is 2.44. The molecule has 0 aliphatic heterocycles. The van der Waals surface area contributed by atoms with Crippen LogP contribution in [0, 0.1) is 0 Å². The molecule has 0 radical (unpaired) electrons. The summed E-state index contributed by atoms with van der Waals surface area (Å²) in [6.07, 6.45) is 1.43. The van der Waals surface area contributed by atoms with E-state index in [4.69, 9.17) is 4.42 Å². The first-order valence-electron chi connectivity index (χ1n) is 10.4. The minimum Gasteiger partial charge on any atom is -0.459 e. The Hall–Kier alpha value is -4.07. The fraction of sp³-hybridized carbons (Fsp3) is 0.208. The van der Waals surface area contributed by atoms with E-state index in [0.717, 1.165) is 0 Å². The van der Waals surface area contributed by atoms with Gasteiger partial charge in [-0.05, 0) is 68.4 Å². The van der Waals surface area contributed by atoms with E-state index in [1.54, 1.807) is 65.6 Å². The van der Waals surface area contributed by atoms with Gasteiger partial charge in [0.2, 0.25) is 5.91 Å². The number of rotatable bonds is 9. The number of benzene rings is 2. The van der Waals surface area contributed by atoms with Crippen LogP contribution in [-0.4, -0.2) is 42.3 Å². The Morgan fingerprint density at radius 1 is 0.844 bits per heavy atom. The molecule has 0 bridgehead atoms. The van der Waals surface area contributed by atoms with Gasteiger partial charge in [-0.2, -0.15) is 0 Å². The van der Waals surface area contributed by atoms with Crippen LogP contribution >= 0.6 is 0 Å². The van der Waals surface area contributed by atoms with Crippen molar-refractivity contribution in [3.05, 3.63) is 78.3 Å². The van der Waals surface area contributed by atoms with Crippen molar-refractivity contribution >= 4 is 34.8 Å². The topological polar surface area (TPSA) is 104 Å². The molecule has 1 heterocycles. The minimum atomic E-state index is -0.354. The monoisotopic (exact) mass is 434 g/mol. The van der Waals surface area contributed by atoms with Crippen LogP contribution in [0.4, 0.5) is 17.1 Å². The van der Waals surface area contributed by atoms with Crippen molar-refractivity contribution in [2.75, 3.05) is 35.6 Å². The summed E-state index contributed by atoms with van der Waals surface area (Å²) in [6, 6.07) is 17.1. The number of hydrogen-bond acceptors (Lipinski definition) is 5. The van der Waals surface area contributed by atoms with Crippen molar-refractivity contribution in [2.45, 2.75) is 13.8 Å². The smallest absolute Gasteiger partial charge is 0.291 e. The normalized spacial score (nSPS) is 10.3. The maximum absolute atomic E-state index is 12.4. The highest BCUT2D eigenvalue weighted by Crippen LogP contribution is 2.17. The lowest BCUT2D eigenvalue weighted by molar-refractivity contribution is -0.114. The quantitative estimate of drug-likeness (QED) is 0.471. The van der Waals surface area contributed by atoms with E-state index in [-0.39, 0.29) is 30.0 Å². The molecule has 0 atom stereocenters. The maximum atomic E-state index is 12.4. The summed E-state index contributed by atoms with van der Waals surface area (Å²) < 4.78 is 5.08. The minimum absolute atomic E-state index is 0.0337. The summed E-state index contributed by atoms with van der Waals surface area (Å²) in [5, 5.41) is 8.56. The van der Waals surface area contributed by atoms with Crippen LogP contribution in [0.5, 0.6) is 0 Å². The largest absolute Gasteiger partial charge is 0.459 e. The third kappa shape index (κ3) is 5.98. The molecule has 8 nitrogen and oxygen atoms in total. The van der Waals surface area contributed by atoms with Gasteiger partial charge in [0.25, 0.3) is 11.8 Å². The first-order chi connectivity index (χ1) is 15.5. The van der Waals surface area contributed by atoms with Crippen LogP contribution in [-0.2, 0) is 4.79 Å². The van der Waals surface area contributed by atoms with Crippen molar-refractivity contribution in [1.82, 2.24) is 4.90 Å². The van der Waals surface area contributed by atoms with Gasteiger partial charge in [0.05, 0.1) is 12.8 Å². The van der Waals surface area contributed by atoms with E-state index < -0.39 is 0 Å². The predicted molar refractivity (Wildman–Crippen MR) is 124 cm³/mol. The lowest BCUT2D eigenvalue weighted by Crippen LogP contribution is -2.30. The molecule has 0 aliphatic rings. The molecule has 0 spiro atoms. The Morgan fingerprint density at radius 2 is 1.56 bits per heavy atom. The van der Waals surface area contributed by atoms with Crippen LogP contribution in [0.3, 0.4) is 0 Å². The predicted octanol–water partition coefficient (Wildman–Crippen LogP) is 4.06. The van der Waals surface area contributed by atoms with Crippen LogP contribution in [0.25, 0.3) is 0 Å². The number of nitrogens with one attached hydrogen (secondary N) is 3. The number of anilines is 3.